The van der Waals surface area contributed by atoms with E-state index in [0.717, 1.165) is 22.2 Å². The van der Waals surface area contributed by atoms with Crippen LogP contribution in [-0.4, -0.2) is 22.1 Å². The molecule has 2 aromatic carbocycles. The van der Waals surface area contributed by atoms with E-state index in [1.54, 1.807) is 12.3 Å². The van der Waals surface area contributed by atoms with Gasteiger partial charge in [-0.3, -0.25) is 4.98 Å². The van der Waals surface area contributed by atoms with Gasteiger partial charge in [0.25, 0.3) is 0 Å². The maximum absolute atomic E-state index is 12.6. The molecular weight excluding hydrogens is 396 g/mol. The van der Waals surface area contributed by atoms with Crippen molar-refractivity contribution >= 4 is 34.2 Å². The van der Waals surface area contributed by atoms with Gasteiger partial charge < -0.3 is 15.2 Å². The molecule has 6 heteroatoms. The zero-order valence-corrected chi connectivity index (χ0v) is 17.6. The topological polar surface area (TPSA) is 59.0 Å². The Morgan fingerprint density at radius 1 is 1.17 bits per heavy atom. The number of benzene rings is 2. The summed E-state index contributed by atoms with van der Waals surface area (Å²) in [6, 6.07) is 17.4. The van der Waals surface area contributed by atoms with Gasteiger partial charge in [0, 0.05) is 59.7 Å². The number of rotatable bonds is 5. The maximum Gasteiger partial charge on any atom is 0.319 e. The van der Waals surface area contributed by atoms with E-state index in [1.165, 1.54) is 5.39 Å². The molecule has 0 bridgehead atoms. The fourth-order valence-electron chi connectivity index (χ4n) is 3.68. The van der Waals surface area contributed by atoms with Crippen molar-refractivity contribution in [3.63, 3.8) is 0 Å². The normalized spacial score (nSPS) is 12.0. The van der Waals surface area contributed by atoms with Crippen molar-refractivity contribution in [2.24, 2.45) is 7.05 Å². The molecule has 4 aromatic rings. The van der Waals surface area contributed by atoms with E-state index in [-0.39, 0.29) is 11.9 Å². The number of hydrogen-bond donors (Lipinski definition) is 2. The summed E-state index contributed by atoms with van der Waals surface area (Å²) in [6.45, 7) is 2.36. The first-order chi connectivity index (χ1) is 14.5. The van der Waals surface area contributed by atoms with Gasteiger partial charge in [0.2, 0.25) is 0 Å². The molecule has 30 heavy (non-hydrogen) atoms. The van der Waals surface area contributed by atoms with Crippen molar-refractivity contribution in [2.45, 2.75) is 12.8 Å². The average Bonchev–Trinajstić information content (AvgIpc) is 3.08. The largest absolute Gasteiger partial charge is 0.350 e. The van der Waals surface area contributed by atoms with E-state index >= 15 is 0 Å². The van der Waals surface area contributed by atoms with Crippen molar-refractivity contribution in [1.29, 1.82) is 0 Å². The van der Waals surface area contributed by atoms with Crippen molar-refractivity contribution in [3.8, 4) is 0 Å². The second-order valence-electron chi connectivity index (χ2n) is 7.35. The van der Waals surface area contributed by atoms with Crippen LogP contribution in [0, 0.1) is 6.92 Å². The van der Waals surface area contributed by atoms with Crippen LogP contribution in [0.15, 0.2) is 73.2 Å². The lowest BCUT2D eigenvalue weighted by Gasteiger charge is -2.18. The smallest absolute Gasteiger partial charge is 0.319 e. The number of hydrogen-bond acceptors (Lipinski definition) is 2. The average molecular weight is 419 g/mol. The number of urea groups is 1. The summed E-state index contributed by atoms with van der Waals surface area (Å²) >= 11 is 6.16. The highest BCUT2D eigenvalue weighted by Crippen LogP contribution is 2.31. The van der Waals surface area contributed by atoms with E-state index < -0.39 is 0 Å². The van der Waals surface area contributed by atoms with E-state index in [1.807, 2.05) is 56.6 Å². The van der Waals surface area contributed by atoms with E-state index in [2.05, 4.69) is 38.5 Å². The molecule has 5 nitrogen and oxygen atoms in total. The number of para-hydroxylation sites is 1. The van der Waals surface area contributed by atoms with Crippen LogP contribution in [0.5, 0.6) is 0 Å². The molecule has 2 heterocycles. The van der Waals surface area contributed by atoms with E-state index in [0.29, 0.717) is 17.3 Å². The van der Waals surface area contributed by atoms with E-state index in [4.69, 9.17) is 11.6 Å². The van der Waals surface area contributed by atoms with Crippen molar-refractivity contribution in [1.82, 2.24) is 14.9 Å². The first-order valence-corrected chi connectivity index (χ1v) is 10.2. The van der Waals surface area contributed by atoms with Crippen LogP contribution in [0.1, 0.15) is 22.6 Å². The van der Waals surface area contributed by atoms with Crippen molar-refractivity contribution in [2.75, 3.05) is 11.9 Å². The zero-order valence-electron chi connectivity index (χ0n) is 16.9. The second-order valence-corrected chi connectivity index (χ2v) is 7.76. The standard InChI is InChI=1S/C24H23ClN4O/c1-16-9-10-18(12-22(16)25)28-24(30)27-14-20(17-6-5-11-26-13-17)21-15-29(2)23-8-4-3-7-19(21)23/h3-13,15,20H,14H2,1-2H3,(H2,27,28,30)/t20-/m1/s1. The van der Waals surface area contributed by atoms with Gasteiger partial charge in [-0.2, -0.15) is 0 Å². The summed E-state index contributed by atoms with van der Waals surface area (Å²) in [7, 11) is 2.04. The number of amides is 2. The summed E-state index contributed by atoms with van der Waals surface area (Å²) in [5.74, 6) is -0.0304. The third-order valence-electron chi connectivity index (χ3n) is 5.29. The molecule has 0 radical (unpaired) electrons. The van der Waals surface area contributed by atoms with Crippen LogP contribution in [0.25, 0.3) is 10.9 Å². The maximum atomic E-state index is 12.6. The molecule has 2 amide bonds. The van der Waals surface area contributed by atoms with Gasteiger partial charge in [0.05, 0.1) is 0 Å². The van der Waals surface area contributed by atoms with Crippen LogP contribution in [0.3, 0.4) is 0 Å². The molecule has 0 unspecified atom stereocenters. The van der Waals surface area contributed by atoms with Gasteiger partial charge in [-0.05, 0) is 47.9 Å². The third-order valence-corrected chi connectivity index (χ3v) is 5.69. The molecule has 0 saturated heterocycles. The predicted octanol–water partition coefficient (Wildman–Crippen LogP) is 5.49. The Morgan fingerprint density at radius 2 is 2.00 bits per heavy atom. The molecule has 1 atom stereocenters. The van der Waals surface area contributed by atoms with Gasteiger partial charge in [-0.25, -0.2) is 4.79 Å². The van der Waals surface area contributed by atoms with Gasteiger partial charge in [-0.15, -0.1) is 0 Å². The Balaban J connectivity index is 1.58. The number of fused-ring (bicyclic) bond motifs is 1. The molecule has 152 valence electrons. The Bertz CT molecular complexity index is 1190. The fraction of sp³-hybridized carbons (Fsp3) is 0.167. The highest BCUT2D eigenvalue weighted by molar-refractivity contribution is 6.31. The first-order valence-electron chi connectivity index (χ1n) is 9.78. The highest BCUT2D eigenvalue weighted by atomic mass is 35.5. The SMILES string of the molecule is Cc1ccc(NC(=O)NC[C@H](c2cccnc2)c2cn(C)c3ccccc23)cc1Cl. The minimum atomic E-state index is -0.274. The predicted molar refractivity (Wildman–Crippen MR) is 122 cm³/mol. The zero-order chi connectivity index (χ0) is 21.1. The van der Waals surface area contributed by atoms with Crippen molar-refractivity contribution < 1.29 is 4.79 Å². The number of carbonyl (C=O) groups is 1. The van der Waals surface area contributed by atoms with Gasteiger partial charge in [0.15, 0.2) is 0 Å². The molecule has 0 spiro atoms. The quantitative estimate of drug-likeness (QED) is 0.450. The molecule has 0 aliphatic carbocycles. The number of carbonyl (C=O) groups excluding carboxylic acids is 1. The Labute approximate surface area is 180 Å². The minimum absolute atomic E-state index is 0.0304. The monoisotopic (exact) mass is 418 g/mol. The number of halogens is 1. The molecule has 2 aromatic heterocycles. The lowest BCUT2D eigenvalue weighted by molar-refractivity contribution is 0.252. The lowest BCUT2D eigenvalue weighted by Crippen LogP contribution is -2.32. The number of pyridine rings is 1. The number of anilines is 1. The third kappa shape index (κ3) is 4.16. The number of aryl methyl sites for hydroxylation is 2. The van der Waals surface area contributed by atoms with Crippen LogP contribution in [0.4, 0.5) is 10.5 Å². The lowest BCUT2D eigenvalue weighted by atomic mass is 9.92. The number of nitrogens with zero attached hydrogens (tertiary/aromatic N) is 2. The summed E-state index contributed by atoms with van der Waals surface area (Å²) < 4.78 is 2.11. The Kier molecular flexibility index (Phi) is 5.72. The highest BCUT2D eigenvalue weighted by Gasteiger charge is 2.20. The Hall–Kier alpha value is -3.31. The summed E-state index contributed by atoms with van der Waals surface area (Å²) in [5.41, 5.74) is 4.98. The fourth-order valence-corrected chi connectivity index (χ4v) is 3.86. The van der Waals surface area contributed by atoms with Crippen molar-refractivity contribution in [3.05, 3.63) is 94.9 Å². The number of nitrogens with one attached hydrogen (secondary N) is 2. The molecule has 0 aliphatic rings. The molecule has 0 fully saturated rings. The number of aromatic nitrogens is 2. The molecule has 0 aliphatic heterocycles. The van der Waals surface area contributed by atoms with Crippen LogP contribution >= 0.6 is 11.6 Å². The summed E-state index contributed by atoms with van der Waals surface area (Å²) in [6.07, 6.45) is 5.73. The minimum Gasteiger partial charge on any atom is -0.350 e. The second kappa shape index (κ2) is 8.59. The first kappa shape index (κ1) is 20.0. The van der Waals surface area contributed by atoms with Gasteiger partial charge in [0.1, 0.15) is 0 Å². The Morgan fingerprint density at radius 3 is 2.77 bits per heavy atom. The van der Waals surface area contributed by atoms with Gasteiger partial charge in [-0.1, -0.05) is 41.9 Å². The summed E-state index contributed by atoms with van der Waals surface area (Å²) in [4.78, 5) is 16.8. The summed E-state index contributed by atoms with van der Waals surface area (Å²) in [5, 5.41) is 7.65. The molecule has 0 saturated carbocycles. The van der Waals surface area contributed by atoms with Crippen LogP contribution < -0.4 is 10.6 Å². The molecule has 4 rings (SSSR count). The van der Waals surface area contributed by atoms with Gasteiger partial charge >= 0.3 is 6.03 Å². The van der Waals surface area contributed by atoms with Crippen LogP contribution in [0.2, 0.25) is 5.02 Å². The molecular formula is C24H23ClN4O. The van der Waals surface area contributed by atoms with E-state index in [9.17, 15) is 4.79 Å². The van der Waals surface area contributed by atoms with Crippen LogP contribution in [-0.2, 0) is 7.05 Å². The molecule has 2 N–H and O–H groups in total.